The zero-order valence-corrected chi connectivity index (χ0v) is 11.7. The lowest BCUT2D eigenvalue weighted by Crippen LogP contribution is -2.03. The number of benzene rings is 2. The summed E-state index contributed by atoms with van der Waals surface area (Å²) in [5, 5.41) is 34.4. The van der Waals surface area contributed by atoms with Gasteiger partial charge in [0, 0.05) is 22.0 Å². The number of hydrogen-bond donors (Lipinski definition) is 3. The minimum atomic E-state index is -0.0551. The molecule has 1 aromatic heterocycles. The van der Waals surface area contributed by atoms with E-state index in [1.165, 1.54) is 12.1 Å². The molecule has 21 heavy (non-hydrogen) atoms. The van der Waals surface area contributed by atoms with Crippen LogP contribution in [-0.2, 0) is 6.54 Å². The van der Waals surface area contributed by atoms with Gasteiger partial charge in [0.05, 0.1) is 18.7 Å². The molecule has 0 saturated heterocycles. The number of nitrogens with zero attached hydrogens (tertiary/aromatic N) is 2. The molecule has 1 heterocycles. The highest BCUT2D eigenvalue weighted by Crippen LogP contribution is 2.36. The molecule has 0 amide bonds. The van der Waals surface area contributed by atoms with Gasteiger partial charge < -0.3 is 15.3 Å². The van der Waals surface area contributed by atoms with Crippen molar-refractivity contribution < 1.29 is 15.3 Å². The Labute approximate surface area is 125 Å². The highest BCUT2D eigenvalue weighted by atomic mass is 35.5. The number of halogens is 1. The number of aliphatic hydroxyl groups is 1. The van der Waals surface area contributed by atoms with Gasteiger partial charge in [0.25, 0.3) is 0 Å². The van der Waals surface area contributed by atoms with E-state index in [0.29, 0.717) is 22.8 Å². The van der Waals surface area contributed by atoms with Crippen LogP contribution >= 0.6 is 11.6 Å². The molecule has 108 valence electrons. The lowest BCUT2D eigenvalue weighted by Gasteiger charge is -2.02. The molecule has 0 spiro atoms. The van der Waals surface area contributed by atoms with Gasteiger partial charge in [-0.3, -0.25) is 4.68 Å². The minimum absolute atomic E-state index is 0.0154. The monoisotopic (exact) mass is 304 g/mol. The summed E-state index contributed by atoms with van der Waals surface area (Å²) in [6, 6.07) is 9.69. The van der Waals surface area contributed by atoms with Gasteiger partial charge >= 0.3 is 0 Å². The molecule has 5 nitrogen and oxygen atoms in total. The highest BCUT2D eigenvalue weighted by molar-refractivity contribution is 6.31. The molecule has 0 aliphatic rings. The van der Waals surface area contributed by atoms with Gasteiger partial charge in [-0.2, -0.15) is 5.10 Å². The Kier molecular flexibility index (Phi) is 3.45. The Balaban J connectivity index is 2.27. The average molecular weight is 305 g/mol. The van der Waals surface area contributed by atoms with Gasteiger partial charge in [-0.05, 0) is 30.3 Å². The van der Waals surface area contributed by atoms with Crippen molar-refractivity contribution in [3.8, 4) is 22.8 Å². The molecule has 0 bridgehead atoms. The van der Waals surface area contributed by atoms with Crippen molar-refractivity contribution in [1.29, 1.82) is 0 Å². The van der Waals surface area contributed by atoms with Crippen molar-refractivity contribution in [2.45, 2.75) is 6.54 Å². The number of fused-ring (bicyclic) bond motifs is 1. The summed E-state index contributed by atoms with van der Waals surface area (Å²) >= 11 is 6.01. The van der Waals surface area contributed by atoms with Gasteiger partial charge in [0.1, 0.15) is 17.2 Å². The van der Waals surface area contributed by atoms with Gasteiger partial charge in [0.15, 0.2) is 0 Å². The topological polar surface area (TPSA) is 78.5 Å². The average Bonchev–Trinajstić information content (AvgIpc) is 2.77. The van der Waals surface area contributed by atoms with E-state index in [2.05, 4.69) is 5.10 Å². The van der Waals surface area contributed by atoms with Crippen LogP contribution in [0, 0.1) is 0 Å². The third kappa shape index (κ3) is 2.41. The molecule has 3 N–H and O–H groups in total. The second kappa shape index (κ2) is 5.27. The van der Waals surface area contributed by atoms with E-state index < -0.39 is 0 Å². The number of aliphatic hydroxyl groups excluding tert-OH is 1. The van der Waals surface area contributed by atoms with Crippen LogP contribution in [0.15, 0.2) is 36.4 Å². The summed E-state index contributed by atoms with van der Waals surface area (Å²) in [5.74, 6) is -0.0705. The number of aromatic hydroxyl groups is 2. The lowest BCUT2D eigenvalue weighted by molar-refractivity contribution is 0.272. The third-order valence-corrected chi connectivity index (χ3v) is 3.50. The van der Waals surface area contributed by atoms with Crippen molar-refractivity contribution in [3.05, 3.63) is 41.4 Å². The van der Waals surface area contributed by atoms with E-state index in [1.54, 1.807) is 22.9 Å². The molecule has 0 unspecified atom stereocenters. The first-order valence-corrected chi connectivity index (χ1v) is 6.77. The van der Waals surface area contributed by atoms with Crippen molar-refractivity contribution in [2.24, 2.45) is 0 Å². The van der Waals surface area contributed by atoms with Crippen LogP contribution in [0.1, 0.15) is 0 Å². The first-order valence-electron chi connectivity index (χ1n) is 6.39. The van der Waals surface area contributed by atoms with Crippen molar-refractivity contribution in [2.75, 3.05) is 6.61 Å². The Morgan fingerprint density at radius 3 is 2.62 bits per heavy atom. The van der Waals surface area contributed by atoms with Crippen LogP contribution in [0.25, 0.3) is 22.2 Å². The number of hydrogen-bond acceptors (Lipinski definition) is 4. The fraction of sp³-hybridized carbons (Fsp3) is 0.133. The number of phenols is 2. The standard InChI is InChI=1S/C15H13ClN2O3/c16-9-1-3-11-13(7-9)18(5-6-19)17-15(11)12-4-2-10(20)8-14(12)21/h1-4,7-8,19-21H,5-6H2. The largest absolute Gasteiger partial charge is 0.508 e. The summed E-state index contributed by atoms with van der Waals surface area (Å²) in [6.45, 7) is 0.278. The molecule has 0 fully saturated rings. The Bertz CT molecular complexity index is 814. The molecule has 3 rings (SSSR count). The Morgan fingerprint density at radius 2 is 1.90 bits per heavy atom. The second-order valence-corrected chi connectivity index (χ2v) is 5.09. The molecule has 0 atom stereocenters. The molecule has 2 aromatic carbocycles. The molecule has 0 aliphatic heterocycles. The van der Waals surface area contributed by atoms with Crippen LogP contribution in [-0.4, -0.2) is 31.7 Å². The van der Waals surface area contributed by atoms with Gasteiger partial charge in [0.2, 0.25) is 0 Å². The van der Waals surface area contributed by atoms with Crippen LogP contribution in [0.2, 0.25) is 5.02 Å². The van der Waals surface area contributed by atoms with Crippen LogP contribution in [0.3, 0.4) is 0 Å². The number of aromatic nitrogens is 2. The number of rotatable bonds is 3. The summed E-state index contributed by atoms with van der Waals surface area (Å²) in [7, 11) is 0. The molecule has 0 aliphatic carbocycles. The molecule has 0 radical (unpaired) electrons. The number of phenolic OH excluding ortho intramolecular Hbond substituents is 2. The predicted molar refractivity (Wildman–Crippen MR) is 80.6 cm³/mol. The maximum Gasteiger partial charge on any atom is 0.128 e. The normalized spacial score (nSPS) is 11.1. The first-order chi connectivity index (χ1) is 10.1. The van der Waals surface area contributed by atoms with E-state index in [1.807, 2.05) is 6.07 Å². The smallest absolute Gasteiger partial charge is 0.128 e. The van der Waals surface area contributed by atoms with E-state index in [-0.39, 0.29) is 18.1 Å². The Hall–Kier alpha value is -2.24. The molecular weight excluding hydrogens is 292 g/mol. The van der Waals surface area contributed by atoms with Gasteiger partial charge in [-0.1, -0.05) is 11.6 Å². The molecule has 6 heteroatoms. The summed E-state index contributed by atoms with van der Waals surface area (Å²) in [5.41, 5.74) is 1.86. The zero-order valence-electron chi connectivity index (χ0n) is 11.0. The Morgan fingerprint density at radius 1 is 1.10 bits per heavy atom. The molecule has 3 aromatic rings. The van der Waals surface area contributed by atoms with Crippen molar-refractivity contribution in [1.82, 2.24) is 9.78 Å². The van der Waals surface area contributed by atoms with E-state index in [4.69, 9.17) is 16.7 Å². The molecule has 0 saturated carbocycles. The van der Waals surface area contributed by atoms with Crippen LogP contribution in [0.5, 0.6) is 11.5 Å². The van der Waals surface area contributed by atoms with Crippen LogP contribution < -0.4 is 0 Å². The highest BCUT2D eigenvalue weighted by Gasteiger charge is 2.15. The van der Waals surface area contributed by atoms with Gasteiger partial charge in [-0.25, -0.2) is 0 Å². The van der Waals surface area contributed by atoms with Crippen LogP contribution in [0.4, 0.5) is 0 Å². The zero-order chi connectivity index (χ0) is 15.0. The van der Waals surface area contributed by atoms with Crippen molar-refractivity contribution >= 4 is 22.5 Å². The van der Waals surface area contributed by atoms with E-state index in [9.17, 15) is 10.2 Å². The predicted octanol–water partition coefficient (Wildman–Crippen LogP) is 2.76. The molecular formula is C15H13ClN2O3. The van der Waals surface area contributed by atoms with E-state index >= 15 is 0 Å². The lowest BCUT2D eigenvalue weighted by atomic mass is 10.1. The first kappa shape index (κ1) is 13.7. The fourth-order valence-electron chi connectivity index (χ4n) is 2.33. The summed E-state index contributed by atoms with van der Waals surface area (Å²) < 4.78 is 1.64. The fourth-order valence-corrected chi connectivity index (χ4v) is 2.50. The van der Waals surface area contributed by atoms with E-state index in [0.717, 1.165) is 10.9 Å². The summed E-state index contributed by atoms with van der Waals surface area (Å²) in [4.78, 5) is 0. The SMILES string of the molecule is OCCn1nc(-c2ccc(O)cc2O)c2ccc(Cl)cc21. The van der Waals surface area contributed by atoms with Crippen molar-refractivity contribution in [3.63, 3.8) is 0 Å². The minimum Gasteiger partial charge on any atom is -0.508 e. The maximum absolute atomic E-state index is 10.0. The maximum atomic E-state index is 10.0. The third-order valence-electron chi connectivity index (χ3n) is 3.26. The quantitative estimate of drug-likeness (QED) is 0.695. The summed E-state index contributed by atoms with van der Waals surface area (Å²) in [6.07, 6.45) is 0. The second-order valence-electron chi connectivity index (χ2n) is 4.66. The van der Waals surface area contributed by atoms with Gasteiger partial charge in [-0.15, -0.1) is 0 Å².